The molecule has 0 radical (unpaired) electrons. The van der Waals surface area contributed by atoms with Gasteiger partial charge in [-0.1, -0.05) is 18.2 Å². The fourth-order valence-electron chi connectivity index (χ4n) is 1.56. The Labute approximate surface area is 117 Å². The maximum Gasteiger partial charge on any atom is 0.417 e. The molecule has 1 N–H and O–H groups in total. The number of aromatic nitrogens is 1. The van der Waals surface area contributed by atoms with E-state index in [-0.39, 0.29) is 23.0 Å². The number of aromatic amines is 1. The number of ether oxygens (including phenoxy) is 1. The van der Waals surface area contributed by atoms with Crippen LogP contribution in [0.4, 0.5) is 0 Å². The van der Waals surface area contributed by atoms with Gasteiger partial charge >= 0.3 is 11.7 Å². The molecule has 0 aromatic carbocycles. The Morgan fingerprint density at radius 3 is 2.71 bits per heavy atom. The molecule has 0 saturated carbocycles. The van der Waals surface area contributed by atoms with Crippen LogP contribution in [0.5, 0.6) is 0 Å². The summed E-state index contributed by atoms with van der Waals surface area (Å²) in [6.45, 7) is 0. The maximum absolute atomic E-state index is 11.6. The predicted octanol–water partition coefficient (Wildman–Crippen LogP) is -0.926. The molecule has 1 aliphatic heterocycles. The van der Waals surface area contributed by atoms with Crippen molar-refractivity contribution in [2.24, 2.45) is 0 Å². The number of Topliss-reactive ketones (excluding diaryl/α,β-unsaturated/α-hetero) is 1. The Hall–Kier alpha value is -2.96. The molecule has 2 heterocycles. The van der Waals surface area contributed by atoms with Gasteiger partial charge in [-0.25, -0.2) is 4.79 Å². The lowest BCUT2D eigenvalue weighted by atomic mass is 10.2. The summed E-state index contributed by atoms with van der Waals surface area (Å²) >= 11 is 0. The van der Waals surface area contributed by atoms with Gasteiger partial charge in [0.25, 0.3) is 0 Å². The van der Waals surface area contributed by atoms with Crippen LogP contribution in [0.2, 0.25) is 0 Å². The zero-order valence-electron chi connectivity index (χ0n) is 10.8. The van der Waals surface area contributed by atoms with E-state index in [4.69, 9.17) is 9.15 Å². The van der Waals surface area contributed by atoms with Gasteiger partial charge in [-0.3, -0.25) is 19.4 Å². The molecule has 108 valence electrons. The van der Waals surface area contributed by atoms with Gasteiger partial charge in [-0.15, -0.1) is 0 Å². The molecule has 21 heavy (non-hydrogen) atoms. The zero-order chi connectivity index (χ0) is 15.2. The van der Waals surface area contributed by atoms with Crippen LogP contribution in [0.25, 0.3) is 12.3 Å². The molecule has 1 aromatic heterocycles. The Morgan fingerprint density at radius 2 is 1.90 bits per heavy atom. The Morgan fingerprint density at radius 1 is 1.10 bits per heavy atom. The Bertz CT molecular complexity index is 805. The molecule has 0 atom stereocenters. The molecule has 0 spiro atoms. The monoisotopic (exact) mass is 289 g/mol. The number of carbonyl (C=O) groups is 3. The van der Waals surface area contributed by atoms with Crippen molar-refractivity contribution in [1.82, 2.24) is 4.98 Å². The van der Waals surface area contributed by atoms with E-state index < -0.39 is 23.9 Å². The van der Waals surface area contributed by atoms with Crippen LogP contribution in [0.15, 0.2) is 33.5 Å². The van der Waals surface area contributed by atoms with Gasteiger partial charge in [0, 0.05) is 12.5 Å². The van der Waals surface area contributed by atoms with Crippen LogP contribution in [-0.2, 0) is 19.1 Å². The van der Waals surface area contributed by atoms with Crippen molar-refractivity contribution in [2.75, 3.05) is 0 Å². The quantitative estimate of drug-likeness (QED) is 0.488. The summed E-state index contributed by atoms with van der Waals surface area (Å²) in [6.07, 6.45) is 7.44. The summed E-state index contributed by atoms with van der Waals surface area (Å²) in [6, 6.07) is 0. The minimum absolute atomic E-state index is 0.0574. The molecule has 0 fully saturated rings. The third-order valence-electron chi connectivity index (χ3n) is 2.48. The highest BCUT2D eigenvalue weighted by Crippen LogP contribution is 1.96. The molecule has 7 nitrogen and oxygen atoms in total. The van der Waals surface area contributed by atoms with Gasteiger partial charge in [0.1, 0.15) is 18.5 Å². The molecular weight excluding hydrogens is 278 g/mol. The van der Waals surface area contributed by atoms with Gasteiger partial charge in [0.2, 0.25) is 0 Å². The molecule has 0 bridgehead atoms. The van der Waals surface area contributed by atoms with Gasteiger partial charge in [0.05, 0.1) is 5.35 Å². The van der Waals surface area contributed by atoms with Gasteiger partial charge in [0.15, 0.2) is 11.2 Å². The molecule has 0 unspecified atom stereocenters. The first kappa shape index (κ1) is 14.4. The zero-order valence-corrected chi connectivity index (χ0v) is 10.8. The van der Waals surface area contributed by atoms with Crippen LogP contribution >= 0.6 is 0 Å². The van der Waals surface area contributed by atoms with Crippen molar-refractivity contribution in [2.45, 2.75) is 12.8 Å². The number of ketones is 2. The number of hydrogen-bond donors (Lipinski definition) is 1. The topological polar surface area (TPSA) is 106 Å². The van der Waals surface area contributed by atoms with E-state index in [1.54, 1.807) is 0 Å². The number of hydrogen-bond acceptors (Lipinski definition) is 6. The average Bonchev–Trinajstić information content (AvgIpc) is 2.75. The van der Waals surface area contributed by atoms with Crippen molar-refractivity contribution < 1.29 is 23.5 Å². The predicted molar refractivity (Wildman–Crippen MR) is 71.1 cm³/mol. The highest BCUT2D eigenvalue weighted by atomic mass is 16.5. The summed E-state index contributed by atoms with van der Waals surface area (Å²) in [4.78, 5) is 47.9. The van der Waals surface area contributed by atoms with Gasteiger partial charge in [-0.2, -0.15) is 0 Å². The Balaban J connectivity index is 2.47. The van der Waals surface area contributed by atoms with E-state index in [2.05, 4.69) is 4.98 Å². The van der Waals surface area contributed by atoms with Crippen LogP contribution < -0.4 is 16.5 Å². The fourth-order valence-corrected chi connectivity index (χ4v) is 1.56. The Kier molecular flexibility index (Phi) is 4.45. The first-order valence-corrected chi connectivity index (χ1v) is 6.04. The average molecular weight is 289 g/mol. The molecule has 1 aliphatic rings. The van der Waals surface area contributed by atoms with E-state index in [0.29, 0.717) is 0 Å². The number of esters is 1. The molecule has 7 heteroatoms. The number of H-pyrrole nitrogens is 1. The van der Waals surface area contributed by atoms with Crippen LogP contribution in [0, 0.1) is 0 Å². The van der Waals surface area contributed by atoms with Gasteiger partial charge < -0.3 is 9.15 Å². The van der Waals surface area contributed by atoms with Crippen molar-refractivity contribution in [3.63, 3.8) is 0 Å². The highest BCUT2D eigenvalue weighted by molar-refractivity contribution is 6.13. The van der Waals surface area contributed by atoms with E-state index in [1.807, 2.05) is 0 Å². The second kappa shape index (κ2) is 6.47. The number of cyclic esters (lactones) is 1. The van der Waals surface area contributed by atoms with Gasteiger partial charge in [-0.05, 0) is 6.08 Å². The second-order valence-corrected chi connectivity index (χ2v) is 4.15. The second-order valence-electron chi connectivity index (χ2n) is 4.15. The summed E-state index contributed by atoms with van der Waals surface area (Å²) in [5, 5.41) is 0.0785. The van der Waals surface area contributed by atoms with Crippen LogP contribution in [-0.4, -0.2) is 22.5 Å². The summed E-state index contributed by atoms with van der Waals surface area (Å²) in [7, 11) is 0. The third-order valence-corrected chi connectivity index (χ3v) is 2.48. The maximum atomic E-state index is 11.6. The molecule has 0 aliphatic carbocycles. The minimum atomic E-state index is -0.791. The molecule has 1 aromatic rings. The number of allylic oxidation sites excluding steroid dienone is 4. The van der Waals surface area contributed by atoms with E-state index in [0.717, 1.165) is 12.3 Å². The fraction of sp³-hybridized carbons (Fsp3) is 0.143. The molecule has 0 saturated heterocycles. The normalized spacial score (nSPS) is 22.8. The molecule has 0 amide bonds. The lowest BCUT2D eigenvalue weighted by molar-refractivity contribution is -0.139. The minimum Gasteiger partial charge on any atom is -0.430 e. The van der Waals surface area contributed by atoms with Crippen molar-refractivity contribution >= 4 is 29.9 Å². The molecule has 2 rings (SSSR count). The first-order valence-electron chi connectivity index (χ1n) is 6.04. The van der Waals surface area contributed by atoms with Crippen molar-refractivity contribution in [3.05, 3.63) is 45.6 Å². The number of oxazole rings is 1. The summed E-state index contributed by atoms with van der Waals surface area (Å²) in [5.74, 6) is -2.30. The van der Waals surface area contributed by atoms with Crippen molar-refractivity contribution in [3.8, 4) is 0 Å². The van der Waals surface area contributed by atoms with Crippen LogP contribution in [0.1, 0.15) is 12.8 Å². The summed E-state index contributed by atoms with van der Waals surface area (Å²) in [5.41, 5.74) is -0.102. The van der Waals surface area contributed by atoms with E-state index in [1.165, 1.54) is 24.3 Å². The highest BCUT2D eigenvalue weighted by Gasteiger charge is 2.09. The number of fused-ring (bicyclic) bond motifs is 1. The lowest BCUT2D eigenvalue weighted by Crippen LogP contribution is -2.25. The smallest absolute Gasteiger partial charge is 0.417 e. The lowest BCUT2D eigenvalue weighted by Gasteiger charge is -1.96. The molecular formula is C14H11NO6. The SMILES string of the molecule is O=C1/C=C\C=C/CC(=O)CC(=O)O/C=c2/oc(=O)[nH]/c2=C/1. The third kappa shape index (κ3) is 4.27. The standard InChI is InChI=1S/C14H11NO6/c16-9-4-2-1-3-5-10(17)7-13(18)20-8-12-11(6-9)15-14(19)21-12/h1-4,6,8H,5,7H2,(H,15,19)/b3-1-,4-2-,11-6+,12-8+. The number of carbonyl (C=O) groups excluding carboxylic acids is 3. The number of nitrogens with one attached hydrogen (secondary N) is 1. The van der Waals surface area contributed by atoms with Crippen LogP contribution in [0.3, 0.4) is 0 Å². The summed E-state index contributed by atoms with van der Waals surface area (Å²) < 4.78 is 9.46. The van der Waals surface area contributed by atoms with Crippen molar-refractivity contribution in [1.29, 1.82) is 0 Å². The van der Waals surface area contributed by atoms with E-state index in [9.17, 15) is 19.2 Å². The largest absolute Gasteiger partial charge is 0.430 e. The first-order chi connectivity index (χ1) is 10.0. The van der Waals surface area contributed by atoms with E-state index >= 15 is 0 Å². The number of rotatable bonds is 0.